The third kappa shape index (κ3) is 1.76. The van der Waals surface area contributed by atoms with Crippen molar-refractivity contribution in [1.82, 2.24) is 4.98 Å². The minimum Gasteiger partial charge on any atom is -0.501 e. The molecule has 7 heteroatoms. The Morgan fingerprint density at radius 1 is 1.71 bits per heavy atom. The minimum atomic E-state index is -0.851. The Morgan fingerprint density at radius 2 is 2.36 bits per heavy atom. The van der Waals surface area contributed by atoms with Crippen LogP contribution in [0.4, 0.5) is 5.82 Å². The van der Waals surface area contributed by atoms with E-state index in [-0.39, 0.29) is 5.56 Å². The first kappa shape index (κ1) is 9.90. The van der Waals surface area contributed by atoms with E-state index in [1.54, 1.807) is 0 Å². The van der Waals surface area contributed by atoms with Gasteiger partial charge in [0.1, 0.15) is 5.56 Å². The molecule has 0 aliphatic carbocycles. The number of ether oxygens (including phenoxy) is 1. The first-order valence-corrected chi connectivity index (χ1v) is 3.48. The number of pyridine rings is 1. The van der Waals surface area contributed by atoms with Crippen LogP contribution in [0.15, 0.2) is 12.3 Å². The number of carbonyl (C=O) groups is 1. The van der Waals surface area contributed by atoms with Gasteiger partial charge in [0.25, 0.3) is 0 Å². The summed E-state index contributed by atoms with van der Waals surface area (Å²) < 4.78 is 4.33. The summed E-state index contributed by atoms with van der Waals surface area (Å²) in [5, 5.41) is 19.3. The normalized spacial score (nSPS) is 9.50. The molecule has 1 aromatic heterocycles. The van der Waals surface area contributed by atoms with E-state index < -0.39 is 22.5 Å². The SMILES string of the molecule is COC(=O)c1cnc([N+](=O)[O-])c(O)c1. The Kier molecular flexibility index (Phi) is 2.61. The molecule has 0 saturated heterocycles. The van der Waals surface area contributed by atoms with Gasteiger partial charge in [-0.2, -0.15) is 0 Å². The van der Waals surface area contributed by atoms with E-state index in [9.17, 15) is 14.9 Å². The molecule has 0 amide bonds. The second-order valence-corrected chi connectivity index (χ2v) is 2.32. The lowest BCUT2D eigenvalue weighted by atomic mass is 10.3. The molecule has 0 saturated carbocycles. The number of hydrogen-bond acceptors (Lipinski definition) is 6. The highest BCUT2D eigenvalue weighted by atomic mass is 16.6. The molecule has 0 unspecified atom stereocenters. The van der Waals surface area contributed by atoms with Crippen LogP contribution < -0.4 is 0 Å². The minimum absolute atomic E-state index is 0.0457. The smallest absolute Gasteiger partial charge is 0.405 e. The number of aromatic nitrogens is 1. The fourth-order valence-corrected chi connectivity index (χ4v) is 0.816. The van der Waals surface area contributed by atoms with Gasteiger partial charge >= 0.3 is 11.8 Å². The van der Waals surface area contributed by atoms with Crippen LogP contribution in [-0.2, 0) is 4.74 Å². The predicted octanol–water partition coefficient (Wildman–Crippen LogP) is 0.482. The van der Waals surface area contributed by atoms with Crippen LogP contribution in [0.3, 0.4) is 0 Å². The largest absolute Gasteiger partial charge is 0.501 e. The van der Waals surface area contributed by atoms with E-state index in [1.165, 1.54) is 0 Å². The molecule has 0 atom stereocenters. The van der Waals surface area contributed by atoms with Gasteiger partial charge in [0.2, 0.25) is 5.75 Å². The molecule has 14 heavy (non-hydrogen) atoms. The predicted molar refractivity (Wildman–Crippen MR) is 43.9 cm³/mol. The fourth-order valence-electron chi connectivity index (χ4n) is 0.816. The van der Waals surface area contributed by atoms with E-state index in [2.05, 4.69) is 9.72 Å². The van der Waals surface area contributed by atoms with Crippen LogP contribution in [-0.4, -0.2) is 28.1 Å². The van der Waals surface area contributed by atoms with E-state index >= 15 is 0 Å². The molecule has 0 spiro atoms. The molecule has 0 radical (unpaired) electrons. The summed E-state index contributed by atoms with van der Waals surface area (Å²) in [4.78, 5) is 23.6. The van der Waals surface area contributed by atoms with Crippen molar-refractivity contribution in [3.63, 3.8) is 0 Å². The molecular formula is C7H6N2O5. The molecule has 1 N–H and O–H groups in total. The van der Waals surface area contributed by atoms with E-state index in [0.29, 0.717) is 0 Å². The molecular weight excluding hydrogens is 192 g/mol. The zero-order valence-corrected chi connectivity index (χ0v) is 7.13. The van der Waals surface area contributed by atoms with Gasteiger partial charge in [-0.15, -0.1) is 0 Å². The number of methoxy groups -OCH3 is 1. The quantitative estimate of drug-likeness (QED) is 0.421. The van der Waals surface area contributed by atoms with E-state index in [4.69, 9.17) is 5.11 Å². The first-order chi connectivity index (χ1) is 6.56. The van der Waals surface area contributed by atoms with Crippen LogP contribution in [0.5, 0.6) is 5.75 Å². The summed E-state index contributed by atoms with van der Waals surface area (Å²) in [5.74, 6) is -2.08. The third-order valence-electron chi connectivity index (χ3n) is 1.44. The van der Waals surface area contributed by atoms with Gasteiger partial charge in [-0.05, 0) is 9.91 Å². The Hall–Kier alpha value is -2.18. The van der Waals surface area contributed by atoms with Gasteiger partial charge in [-0.1, -0.05) is 0 Å². The Balaban J connectivity index is 3.12. The average Bonchev–Trinajstić information content (AvgIpc) is 2.15. The van der Waals surface area contributed by atoms with Crippen molar-refractivity contribution >= 4 is 11.8 Å². The zero-order valence-electron chi connectivity index (χ0n) is 7.13. The lowest BCUT2D eigenvalue weighted by Crippen LogP contribution is -2.02. The molecule has 1 aromatic rings. The fraction of sp³-hybridized carbons (Fsp3) is 0.143. The maximum absolute atomic E-state index is 10.9. The Morgan fingerprint density at radius 3 is 2.79 bits per heavy atom. The van der Waals surface area contributed by atoms with Crippen molar-refractivity contribution in [2.45, 2.75) is 0 Å². The molecule has 0 aromatic carbocycles. The van der Waals surface area contributed by atoms with Gasteiger partial charge in [0.05, 0.1) is 7.11 Å². The second kappa shape index (κ2) is 3.69. The Bertz CT molecular complexity index is 390. The van der Waals surface area contributed by atoms with Crippen molar-refractivity contribution < 1.29 is 19.6 Å². The lowest BCUT2D eigenvalue weighted by Gasteiger charge is -1.98. The van der Waals surface area contributed by atoms with Crippen molar-refractivity contribution in [2.24, 2.45) is 0 Å². The Labute approximate surface area is 78.1 Å². The second-order valence-electron chi connectivity index (χ2n) is 2.32. The topological polar surface area (TPSA) is 103 Å². The maximum Gasteiger partial charge on any atom is 0.405 e. The summed E-state index contributed by atoms with van der Waals surface area (Å²) in [6, 6.07) is 0.928. The average molecular weight is 198 g/mol. The highest BCUT2D eigenvalue weighted by molar-refractivity contribution is 5.89. The first-order valence-electron chi connectivity index (χ1n) is 3.48. The number of esters is 1. The third-order valence-corrected chi connectivity index (χ3v) is 1.44. The number of rotatable bonds is 2. The van der Waals surface area contributed by atoms with Crippen LogP contribution in [0.25, 0.3) is 0 Å². The maximum atomic E-state index is 10.9. The van der Waals surface area contributed by atoms with Crippen LogP contribution in [0, 0.1) is 10.1 Å². The van der Waals surface area contributed by atoms with Crippen molar-refractivity contribution in [1.29, 1.82) is 0 Å². The number of carbonyl (C=O) groups excluding carboxylic acids is 1. The highest BCUT2D eigenvalue weighted by Crippen LogP contribution is 2.23. The van der Waals surface area contributed by atoms with Crippen molar-refractivity contribution in [3.05, 3.63) is 27.9 Å². The monoisotopic (exact) mass is 198 g/mol. The van der Waals surface area contributed by atoms with Crippen molar-refractivity contribution in [3.8, 4) is 5.75 Å². The molecule has 1 heterocycles. The molecule has 0 fully saturated rings. The lowest BCUT2D eigenvalue weighted by molar-refractivity contribution is -0.390. The number of nitro groups is 1. The van der Waals surface area contributed by atoms with Crippen LogP contribution in [0.2, 0.25) is 0 Å². The molecule has 0 aliphatic rings. The van der Waals surface area contributed by atoms with Crippen molar-refractivity contribution in [2.75, 3.05) is 7.11 Å². The van der Waals surface area contributed by atoms with Gasteiger partial charge < -0.3 is 20.0 Å². The molecule has 74 valence electrons. The van der Waals surface area contributed by atoms with Crippen LogP contribution >= 0.6 is 0 Å². The summed E-state index contributed by atoms with van der Waals surface area (Å²) in [6.07, 6.45) is 0.962. The standard InChI is InChI=1S/C7H6N2O5/c1-14-7(11)4-2-5(10)6(8-3-4)9(12)13/h2-3,10H,1H3. The van der Waals surface area contributed by atoms with Gasteiger partial charge in [-0.25, -0.2) is 4.79 Å². The molecule has 1 rings (SSSR count). The van der Waals surface area contributed by atoms with Crippen LogP contribution in [0.1, 0.15) is 10.4 Å². The number of aromatic hydroxyl groups is 1. The van der Waals surface area contributed by atoms with E-state index in [1.807, 2.05) is 0 Å². The zero-order chi connectivity index (χ0) is 10.7. The summed E-state index contributed by atoms with van der Waals surface area (Å²) in [5.41, 5.74) is -0.0457. The highest BCUT2D eigenvalue weighted by Gasteiger charge is 2.18. The summed E-state index contributed by atoms with van der Waals surface area (Å²) >= 11 is 0. The molecule has 0 aliphatic heterocycles. The number of hydrogen-bond donors (Lipinski definition) is 1. The summed E-state index contributed by atoms with van der Waals surface area (Å²) in [6.45, 7) is 0. The van der Waals surface area contributed by atoms with Gasteiger partial charge in [-0.3, -0.25) is 0 Å². The number of nitrogens with zero attached hydrogens (tertiary/aromatic N) is 2. The summed E-state index contributed by atoms with van der Waals surface area (Å²) in [7, 11) is 1.15. The van der Waals surface area contributed by atoms with E-state index in [0.717, 1.165) is 19.4 Å². The molecule has 0 bridgehead atoms. The van der Waals surface area contributed by atoms with Gasteiger partial charge in [0, 0.05) is 6.07 Å². The van der Waals surface area contributed by atoms with Gasteiger partial charge in [0.15, 0.2) is 6.20 Å². The molecule has 7 nitrogen and oxygen atoms in total.